The maximum absolute atomic E-state index is 13.1. The number of halogens is 2. The first-order valence-corrected chi connectivity index (χ1v) is 8.82. The van der Waals surface area contributed by atoms with Crippen LogP contribution < -0.4 is 4.90 Å². The molecule has 3 rings (SSSR count). The molecule has 0 spiro atoms. The average Bonchev–Trinajstić information content (AvgIpc) is 2.98. The van der Waals surface area contributed by atoms with Crippen LogP contribution in [-0.4, -0.2) is 29.9 Å². The van der Waals surface area contributed by atoms with E-state index in [4.69, 9.17) is 23.2 Å². The maximum atomic E-state index is 13.1. The van der Waals surface area contributed by atoms with E-state index < -0.39 is 0 Å². The lowest BCUT2D eigenvalue weighted by Gasteiger charge is -2.28. The maximum Gasteiger partial charge on any atom is 0.261 e. The highest BCUT2D eigenvalue weighted by atomic mass is 35.5. The van der Waals surface area contributed by atoms with Crippen LogP contribution in [0.2, 0.25) is 10.0 Å². The zero-order valence-corrected chi connectivity index (χ0v) is 15.3. The zero-order chi connectivity index (χ0) is 18.0. The van der Waals surface area contributed by atoms with Gasteiger partial charge in [0, 0.05) is 23.7 Å². The van der Waals surface area contributed by atoms with Gasteiger partial charge in [-0.3, -0.25) is 14.5 Å². The van der Waals surface area contributed by atoms with Crippen LogP contribution in [-0.2, 0) is 4.79 Å². The highest BCUT2D eigenvalue weighted by molar-refractivity contribution is 6.37. The Bertz CT molecular complexity index is 806. The Morgan fingerprint density at radius 3 is 2.48 bits per heavy atom. The first-order chi connectivity index (χ1) is 12.0. The topological polar surface area (TPSA) is 40.6 Å². The van der Waals surface area contributed by atoms with Gasteiger partial charge in [0.05, 0.1) is 10.6 Å². The van der Waals surface area contributed by atoms with E-state index in [0.29, 0.717) is 28.6 Å². The second-order valence-corrected chi connectivity index (χ2v) is 6.94. The molecule has 0 aliphatic carbocycles. The molecule has 1 aliphatic rings. The predicted octanol–water partition coefficient (Wildman–Crippen LogP) is 4.53. The standard InChI is InChI=1S/C19H18Cl2N2O2/c1-13-4-7-15(8-5-13)23(12-22-10-2-3-18(22)24)19(25)16-9-6-14(20)11-17(16)21/h4-9,11H,2-3,10,12H2,1H3. The first-order valence-electron chi connectivity index (χ1n) is 8.07. The fourth-order valence-corrected chi connectivity index (χ4v) is 3.31. The summed E-state index contributed by atoms with van der Waals surface area (Å²) < 4.78 is 0. The van der Waals surface area contributed by atoms with Crippen LogP contribution in [0.15, 0.2) is 42.5 Å². The van der Waals surface area contributed by atoms with Crippen LogP contribution in [0.1, 0.15) is 28.8 Å². The van der Waals surface area contributed by atoms with E-state index in [-0.39, 0.29) is 18.5 Å². The normalized spacial score (nSPS) is 14.0. The number of nitrogens with zero attached hydrogens (tertiary/aromatic N) is 2. The lowest BCUT2D eigenvalue weighted by atomic mass is 10.1. The van der Waals surface area contributed by atoms with E-state index in [9.17, 15) is 9.59 Å². The van der Waals surface area contributed by atoms with Gasteiger partial charge in [-0.15, -0.1) is 0 Å². The van der Waals surface area contributed by atoms with Gasteiger partial charge in [0.15, 0.2) is 0 Å². The van der Waals surface area contributed by atoms with Crippen molar-refractivity contribution in [3.8, 4) is 0 Å². The number of aryl methyl sites for hydroxylation is 1. The molecule has 0 radical (unpaired) electrons. The second-order valence-electron chi connectivity index (χ2n) is 6.10. The van der Waals surface area contributed by atoms with Gasteiger partial charge >= 0.3 is 0 Å². The number of anilines is 1. The van der Waals surface area contributed by atoms with Crippen molar-refractivity contribution in [1.82, 2.24) is 4.90 Å². The Morgan fingerprint density at radius 1 is 1.16 bits per heavy atom. The predicted molar refractivity (Wildman–Crippen MR) is 100 cm³/mol. The molecule has 0 N–H and O–H groups in total. The van der Waals surface area contributed by atoms with Gasteiger partial charge in [0.25, 0.3) is 5.91 Å². The molecule has 0 saturated carbocycles. The third-order valence-corrected chi connectivity index (χ3v) is 4.78. The summed E-state index contributed by atoms with van der Waals surface area (Å²) in [6.07, 6.45) is 1.34. The fourth-order valence-electron chi connectivity index (χ4n) is 2.82. The summed E-state index contributed by atoms with van der Waals surface area (Å²) in [5, 5.41) is 0.764. The zero-order valence-electron chi connectivity index (χ0n) is 13.8. The van der Waals surface area contributed by atoms with Gasteiger partial charge in [-0.2, -0.15) is 0 Å². The number of amides is 2. The minimum Gasteiger partial charge on any atom is -0.324 e. The van der Waals surface area contributed by atoms with Crippen molar-refractivity contribution >= 4 is 40.7 Å². The van der Waals surface area contributed by atoms with Crippen LogP contribution in [0.4, 0.5) is 5.69 Å². The van der Waals surface area contributed by atoms with E-state index in [1.807, 2.05) is 31.2 Å². The molecule has 1 saturated heterocycles. The summed E-state index contributed by atoms with van der Waals surface area (Å²) in [5.74, 6) is -0.197. The van der Waals surface area contributed by atoms with Gasteiger partial charge in [-0.25, -0.2) is 0 Å². The number of rotatable bonds is 4. The third kappa shape index (κ3) is 3.97. The smallest absolute Gasteiger partial charge is 0.261 e. The Labute approximate surface area is 156 Å². The number of hydrogen-bond donors (Lipinski definition) is 0. The quantitative estimate of drug-likeness (QED) is 0.786. The monoisotopic (exact) mass is 376 g/mol. The number of likely N-dealkylation sites (tertiary alicyclic amines) is 1. The molecule has 2 aromatic rings. The Hall–Kier alpha value is -2.04. The molecule has 25 heavy (non-hydrogen) atoms. The van der Waals surface area contributed by atoms with Crippen molar-refractivity contribution in [1.29, 1.82) is 0 Å². The van der Waals surface area contributed by atoms with Crippen molar-refractivity contribution in [2.75, 3.05) is 18.1 Å². The molecule has 1 heterocycles. The summed E-state index contributed by atoms with van der Waals surface area (Å²) >= 11 is 12.1. The molecular formula is C19H18Cl2N2O2. The molecule has 1 fully saturated rings. The Balaban J connectivity index is 1.95. The molecule has 0 bridgehead atoms. The lowest BCUT2D eigenvalue weighted by Crippen LogP contribution is -2.42. The van der Waals surface area contributed by atoms with Gasteiger partial charge in [0.1, 0.15) is 6.67 Å². The molecule has 2 amide bonds. The molecule has 0 unspecified atom stereocenters. The largest absolute Gasteiger partial charge is 0.324 e. The van der Waals surface area contributed by atoms with Crippen LogP contribution in [0, 0.1) is 6.92 Å². The summed E-state index contributed by atoms with van der Waals surface area (Å²) in [6.45, 7) is 2.85. The van der Waals surface area contributed by atoms with Crippen molar-refractivity contribution in [2.45, 2.75) is 19.8 Å². The number of hydrogen-bond acceptors (Lipinski definition) is 2. The molecular weight excluding hydrogens is 359 g/mol. The van der Waals surface area contributed by atoms with Crippen molar-refractivity contribution < 1.29 is 9.59 Å². The molecule has 2 aromatic carbocycles. The number of carbonyl (C=O) groups excluding carboxylic acids is 2. The van der Waals surface area contributed by atoms with Crippen molar-refractivity contribution in [3.05, 3.63) is 63.6 Å². The van der Waals surface area contributed by atoms with E-state index in [0.717, 1.165) is 17.7 Å². The number of carbonyl (C=O) groups is 2. The van der Waals surface area contributed by atoms with Crippen molar-refractivity contribution in [3.63, 3.8) is 0 Å². The van der Waals surface area contributed by atoms with Crippen molar-refractivity contribution in [2.24, 2.45) is 0 Å². The molecule has 6 heteroatoms. The minimum absolute atomic E-state index is 0.0621. The Kier molecular flexibility index (Phi) is 5.30. The first kappa shape index (κ1) is 17.8. The molecule has 130 valence electrons. The summed E-state index contributed by atoms with van der Waals surface area (Å²) in [6, 6.07) is 12.4. The summed E-state index contributed by atoms with van der Waals surface area (Å²) in [4.78, 5) is 28.4. The molecule has 1 aliphatic heterocycles. The summed E-state index contributed by atoms with van der Waals surface area (Å²) in [7, 11) is 0. The second kappa shape index (κ2) is 7.46. The molecule has 0 aromatic heterocycles. The third-order valence-electron chi connectivity index (χ3n) is 4.24. The van der Waals surface area contributed by atoms with Crippen LogP contribution in [0.5, 0.6) is 0 Å². The average molecular weight is 377 g/mol. The molecule has 0 atom stereocenters. The Morgan fingerprint density at radius 2 is 1.88 bits per heavy atom. The fraction of sp³-hybridized carbons (Fsp3) is 0.263. The van der Waals surface area contributed by atoms with E-state index in [1.54, 1.807) is 28.0 Å². The lowest BCUT2D eigenvalue weighted by molar-refractivity contribution is -0.127. The van der Waals surface area contributed by atoms with Gasteiger partial charge < -0.3 is 4.90 Å². The highest BCUT2D eigenvalue weighted by Gasteiger charge is 2.27. The van der Waals surface area contributed by atoms with E-state index >= 15 is 0 Å². The van der Waals surface area contributed by atoms with Crippen LogP contribution in [0.3, 0.4) is 0 Å². The van der Waals surface area contributed by atoms with E-state index in [1.165, 1.54) is 0 Å². The van der Waals surface area contributed by atoms with Crippen LogP contribution in [0.25, 0.3) is 0 Å². The van der Waals surface area contributed by atoms with Gasteiger partial charge in [-0.05, 0) is 43.7 Å². The van der Waals surface area contributed by atoms with Gasteiger partial charge in [0.2, 0.25) is 5.91 Å². The van der Waals surface area contributed by atoms with Crippen LogP contribution >= 0.6 is 23.2 Å². The summed E-state index contributed by atoms with van der Waals surface area (Å²) in [5.41, 5.74) is 2.18. The van der Waals surface area contributed by atoms with Gasteiger partial charge in [-0.1, -0.05) is 40.9 Å². The minimum atomic E-state index is -0.259. The SMILES string of the molecule is Cc1ccc(N(CN2CCCC2=O)C(=O)c2ccc(Cl)cc2Cl)cc1. The van der Waals surface area contributed by atoms with E-state index in [2.05, 4.69) is 0 Å². The molecule has 4 nitrogen and oxygen atoms in total. The number of benzene rings is 2. The highest BCUT2D eigenvalue weighted by Crippen LogP contribution is 2.26.